The number of halogens is 1. The smallest absolute Gasteiger partial charge is 0.226 e. The summed E-state index contributed by atoms with van der Waals surface area (Å²) in [6.45, 7) is 0. The highest BCUT2D eigenvalue weighted by Crippen LogP contribution is 2.25. The number of rotatable bonds is 2. The molecule has 1 aromatic carbocycles. The van der Waals surface area contributed by atoms with Crippen LogP contribution in [-0.4, -0.2) is 26.6 Å². The fourth-order valence-electron chi connectivity index (χ4n) is 1.85. The molecule has 0 amide bonds. The van der Waals surface area contributed by atoms with Crippen LogP contribution in [0.5, 0.6) is 0 Å². The SMILES string of the molecule is CN(c1ccc(F)cc1)c1nccn2c(N)nnc12. The summed E-state index contributed by atoms with van der Waals surface area (Å²) in [5, 5.41) is 7.80. The molecule has 96 valence electrons. The van der Waals surface area contributed by atoms with E-state index >= 15 is 0 Å². The van der Waals surface area contributed by atoms with Gasteiger partial charge in [0.15, 0.2) is 5.82 Å². The second kappa shape index (κ2) is 4.20. The number of aromatic nitrogens is 4. The summed E-state index contributed by atoms with van der Waals surface area (Å²) < 4.78 is 14.6. The van der Waals surface area contributed by atoms with E-state index in [1.165, 1.54) is 12.1 Å². The van der Waals surface area contributed by atoms with E-state index in [0.717, 1.165) is 5.69 Å². The first-order valence-corrected chi connectivity index (χ1v) is 5.61. The summed E-state index contributed by atoms with van der Waals surface area (Å²) in [5.74, 6) is 0.611. The maximum absolute atomic E-state index is 12.9. The van der Waals surface area contributed by atoms with Crippen molar-refractivity contribution >= 4 is 23.1 Å². The summed E-state index contributed by atoms with van der Waals surface area (Å²) in [4.78, 5) is 6.07. The minimum Gasteiger partial charge on any atom is -0.368 e. The molecule has 0 radical (unpaired) electrons. The molecule has 7 heteroatoms. The zero-order valence-electron chi connectivity index (χ0n) is 10.2. The van der Waals surface area contributed by atoms with Crippen molar-refractivity contribution < 1.29 is 4.39 Å². The zero-order chi connectivity index (χ0) is 13.4. The monoisotopic (exact) mass is 258 g/mol. The lowest BCUT2D eigenvalue weighted by Gasteiger charge is -2.18. The zero-order valence-corrected chi connectivity index (χ0v) is 10.2. The molecule has 3 aromatic rings. The lowest BCUT2D eigenvalue weighted by Crippen LogP contribution is -2.13. The van der Waals surface area contributed by atoms with Crippen LogP contribution in [-0.2, 0) is 0 Å². The van der Waals surface area contributed by atoms with E-state index in [1.54, 1.807) is 33.8 Å². The van der Waals surface area contributed by atoms with Gasteiger partial charge < -0.3 is 10.6 Å². The molecular weight excluding hydrogens is 247 g/mol. The van der Waals surface area contributed by atoms with Crippen molar-refractivity contribution in [3.05, 3.63) is 42.5 Å². The molecule has 0 bridgehead atoms. The van der Waals surface area contributed by atoms with E-state index in [9.17, 15) is 4.39 Å². The fourth-order valence-corrected chi connectivity index (χ4v) is 1.85. The highest BCUT2D eigenvalue weighted by atomic mass is 19.1. The van der Waals surface area contributed by atoms with E-state index in [0.29, 0.717) is 17.4 Å². The van der Waals surface area contributed by atoms with Crippen LogP contribution in [0.15, 0.2) is 36.7 Å². The van der Waals surface area contributed by atoms with Crippen LogP contribution in [0.25, 0.3) is 5.65 Å². The number of nitrogens with zero attached hydrogens (tertiary/aromatic N) is 5. The van der Waals surface area contributed by atoms with Gasteiger partial charge in [0, 0.05) is 25.1 Å². The molecular formula is C12H11FN6. The normalized spacial score (nSPS) is 10.8. The van der Waals surface area contributed by atoms with E-state index in [4.69, 9.17) is 5.73 Å². The summed E-state index contributed by atoms with van der Waals surface area (Å²) in [7, 11) is 1.82. The predicted molar refractivity (Wildman–Crippen MR) is 69.7 cm³/mol. The van der Waals surface area contributed by atoms with Crippen LogP contribution < -0.4 is 10.6 Å². The average molecular weight is 258 g/mol. The van der Waals surface area contributed by atoms with Gasteiger partial charge in [0.2, 0.25) is 11.6 Å². The van der Waals surface area contributed by atoms with Crippen LogP contribution >= 0.6 is 0 Å². The molecule has 0 aliphatic rings. The Morgan fingerprint density at radius 2 is 1.95 bits per heavy atom. The van der Waals surface area contributed by atoms with Crippen molar-refractivity contribution in [2.24, 2.45) is 0 Å². The van der Waals surface area contributed by atoms with Gasteiger partial charge in [-0.1, -0.05) is 0 Å². The second-order valence-electron chi connectivity index (χ2n) is 4.04. The van der Waals surface area contributed by atoms with Gasteiger partial charge in [-0.25, -0.2) is 9.37 Å². The van der Waals surface area contributed by atoms with E-state index in [-0.39, 0.29) is 5.82 Å². The molecule has 19 heavy (non-hydrogen) atoms. The molecule has 6 nitrogen and oxygen atoms in total. The summed E-state index contributed by atoms with van der Waals surface area (Å²) in [6.07, 6.45) is 3.30. The van der Waals surface area contributed by atoms with Crippen molar-refractivity contribution in [3.63, 3.8) is 0 Å². The Balaban J connectivity index is 2.11. The van der Waals surface area contributed by atoms with E-state index < -0.39 is 0 Å². The van der Waals surface area contributed by atoms with Crippen molar-refractivity contribution in [3.8, 4) is 0 Å². The minimum absolute atomic E-state index is 0.282. The Labute approximate surface area is 108 Å². The molecule has 0 saturated carbocycles. The van der Waals surface area contributed by atoms with Crippen LogP contribution in [0.4, 0.5) is 21.8 Å². The maximum Gasteiger partial charge on any atom is 0.226 e. The lowest BCUT2D eigenvalue weighted by atomic mass is 10.3. The Morgan fingerprint density at radius 1 is 1.21 bits per heavy atom. The number of fused-ring (bicyclic) bond motifs is 1. The maximum atomic E-state index is 12.9. The second-order valence-corrected chi connectivity index (χ2v) is 4.04. The fraction of sp³-hybridized carbons (Fsp3) is 0.0833. The predicted octanol–water partition coefficient (Wildman–Crippen LogP) is 1.61. The topological polar surface area (TPSA) is 72.3 Å². The Hall–Kier alpha value is -2.70. The Bertz CT molecular complexity index is 721. The lowest BCUT2D eigenvalue weighted by molar-refractivity contribution is 0.628. The summed E-state index contributed by atoms with van der Waals surface area (Å²) in [5.41, 5.74) is 7.04. The Morgan fingerprint density at radius 3 is 2.68 bits per heavy atom. The molecule has 0 saturated heterocycles. The average Bonchev–Trinajstić information content (AvgIpc) is 2.81. The third kappa shape index (κ3) is 1.85. The third-order valence-corrected chi connectivity index (χ3v) is 2.87. The first-order valence-electron chi connectivity index (χ1n) is 5.61. The van der Waals surface area contributed by atoms with Crippen LogP contribution in [0.2, 0.25) is 0 Å². The van der Waals surface area contributed by atoms with Crippen molar-refractivity contribution in [1.82, 2.24) is 19.6 Å². The number of benzene rings is 1. The van der Waals surface area contributed by atoms with E-state index in [1.807, 2.05) is 7.05 Å². The van der Waals surface area contributed by atoms with Crippen molar-refractivity contribution in [2.75, 3.05) is 17.7 Å². The van der Waals surface area contributed by atoms with Gasteiger partial charge in [0.1, 0.15) is 5.82 Å². The molecule has 3 rings (SSSR count). The van der Waals surface area contributed by atoms with Gasteiger partial charge in [-0.15, -0.1) is 10.2 Å². The highest BCUT2D eigenvalue weighted by Gasteiger charge is 2.13. The molecule has 0 unspecified atom stereocenters. The first kappa shape index (κ1) is 11.4. The molecule has 2 N–H and O–H groups in total. The van der Waals surface area contributed by atoms with Gasteiger partial charge >= 0.3 is 0 Å². The van der Waals surface area contributed by atoms with Crippen molar-refractivity contribution in [2.45, 2.75) is 0 Å². The van der Waals surface area contributed by atoms with Gasteiger partial charge in [0.05, 0.1) is 0 Å². The number of anilines is 3. The van der Waals surface area contributed by atoms with Crippen LogP contribution in [0.1, 0.15) is 0 Å². The van der Waals surface area contributed by atoms with Gasteiger partial charge in [-0.05, 0) is 24.3 Å². The quantitative estimate of drug-likeness (QED) is 0.756. The van der Waals surface area contributed by atoms with E-state index in [2.05, 4.69) is 15.2 Å². The summed E-state index contributed by atoms with van der Waals surface area (Å²) in [6, 6.07) is 6.12. The standard InChI is InChI=1S/C12H11FN6/c1-18(9-4-2-8(13)3-5-9)10-11-16-17-12(14)19(11)7-6-15-10/h2-7H,1H3,(H2,14,17). The molecule has 0 aliphatic carbocycles. The molecule has 0 aliphatic heterocycles. The molecule has 0 atom stereocenters. The van der Waals surface area contributed by atoms with Gasteiger partial charge in [-0.3, -0.25) is 4.40 Å². The molecule has 0 fully saturated rings. The largest absolute Gasteiger partial charge is 0.368 e. The third-order valence-electron chi connectivity index (χ3n) is 2.87. The first-order chi connectivity index (χ1) is 9.16. The highest BCUT2D eigenvalue weighted by molar-refractivity contribution is 5.72. The number of nitrogens with two attached hydrogens (primary N) is 1. The van der Waals surface area contributed by atoms with Gasteiger partial charge in [0.25, 0.3) is 0 Å². The number of hydrogen-bond donors (Lipinski definition) is 1. The van der Waals surface area contributed by atoms with Gasteiger partial charge in [-0.2, -0.15) is 0 Å². The van der Waals surface area contributed by atoms with Crippen molar-refractivity contribution in [1.29, 1.82) is 0 Å². The molecule has 2 heterocycles. The number of hydrogen-bond acceptors (Lipinski definition) is 5. The Kier molecular flexibility index (Phi) is 2.52. The molecule has 2 aromatic heterocycles. The minimum atomic E-state index is -0.282. The number of nitrogen functional groups attached to an aromatic ring is 1. The summed E-state index contributed by atoms with van der Waals surface area (Å²) >= 11 is 0. The van der Waals surface area contributed by atoms with Crippen LogP contribution in [0.3, 0.4) is 0 Å². The van der Waals surface area contributed by atoms with Crippen LogP contribution in [0, 0.1) is 5.82 Å². The molecule has 0 spiro atoms.